The van der Waals surface area contributed by atoms with Gasteiger partial charge in [0.05, 0.1) is 18.5 Å². The molecule has 0 aliphatic carbocycles. The summed E-state index contributed by atoms with van der Waals surface area (Å²) in [6.07, 6.45) is 0. The molecule has 3 nitrogen and oxygen atoms in total. The molecule has 1 amide bonds. The predicted molar refractivity (Wildman–Crippen MR) is 83.1 cm³/mol. The highest BCUT2D eigenvalue weighted by molar-refractivity contribution is 8.00. The van der Waals surface area contributed by atoms with Crippen molar-refractivity contribution in [2.24, 2.45) is 5.41 Å². The summed E-state index contributed by atoms with van der Waals surface area (Å²) in [4.78, 5) is 15.4. The molecule has 4 heteroatoms. The van der Waals surface area contributed by atoms with Crippen LogP contribution in [0.1, 0.15) is 19.4 Å². The average molecular weight is 293 g/mol. The normalized spacial score (nSPS) is 18.2. The van der Waals surface area contributed by atoms with Crippen molar-refractivity contribution in [3.63, 3.8) is 0 Å². The van der Waals surface area contributed by atoms with E-state index in [1.165, 1.54) is 5.56 Å². The van der Waals surface area contributed by atoms with Gasteiger partial charge in [-0.05, 0) is 26.0 Å². The number of hydrogen-bond donors (Lipinski definition) is 0. The van der Waals surface area contributed by atoms with E-state index < -0.39 is 0 Å². The van der Waals surface area contributed by atoms with Crippen LogP contribution in [0.4, 0.5) is 0 Å². The van der Waals surface area contributed by atoms with Crippen molar-refractivity contribution in [1.82, 2.24) is 4.90 Å². The zero-order chi connectivity index (χ0) is 14.8. The Labute approximate surface area is 125 Å². The Hall–Kier alpha value is -1.00. The van der Waals surface area contributed by atoms with Crippen LogP contribution in [0, 0.1) is 12.3 Å². The van der Waals surface area contributed by atoms with E-state index in [9.17, 15) is 4.79 Å². The molecule has 20 heavy (non-hydrogen) atoms. The molecule has 1 aliphatic heterocycles. The highest BCUT2D eigenvalue weighted by atomic mass is 32.2. The number of rotatable bonds is 5. The molecule has 0 bridgehead atoms. The second-order valence-electron chi connectivity index (χ2n) is 6.07. The molecule has 1 unspecified atom stereocenters. The van der Waals surface area contributed by atoms with Crippen molar-refractivity contribution in [2.75, 3.05) is 26.8 Å². The number of thioether (sulfide) groups is 1. The maximum Gasteiger partial charge on any atom is 0.235 e. The lowest BCUT2D eigenvalue weighted by Gasteiger charge is -2.41. The van der Waals surface area contributed by atoms with Gasteiger partial charge in [-0.3, -0.25) is 4.79 Å². The molecule has 1 aromatic carbocycles. The Kier molecular flexibility index (Phi) is 4.76. The number of nitrogens with zero attached hydrogens (tertiary/aromatic N) is 1. The molecule has 1 aliphatic rings. The topological polar surface area (TPSA) is 29.5 Å². The Morgan fingerprint density at radius 2 is 2.00 bits per heavy atom. The van der Waals surface area contributed by atoms with Gasteiger partial charge >= 0.3 is 0 Å². The highest BCUT2D eigenvalue weighted by Crippen LogP contribution is 2.29. The van der Waals surface area contributed by atoms with E-state index in [-0.39, 0.29) is 16.6 Å². The molecule has 1 fully saturated rings. The molecular weight excluding hydrogens is 270 g/mol. The summed E-state index contributed by atoms with van der Waals surface area (Å²) in [5.74, 6) is 0.184. The Bertz CT molecular complexity index is 468. The summed E-state index contributed by atoms with van der Waals surface area (Å²) < 4.78 is 5.24. The third-order valence-corrected chi connectivity index (χ3v) is 4.68. The standard InChI is InChI=1S/C16H23NO2S/c1-12-5-7-14(8-6-12)20-13(2)15(18)17(4)9-16(3)10-19-11-16/h5-8,13H,9-11H2,1-4H3. The van der Waals surface area contributed by atoms with E-state index >= 15 is 0 Å². The van der Waals surface area contributed by atoms with Crippen LogP contribution in [-0.4, -0.2) is 42.9 Å². The molecule has 0 spiro atoms. The summed E-state index contributed by atoms with van der Waals surface area (Å²) in [5.41, 5.74) is 1.38. The van der Waals surface area contributed by atoms with Crippen molar-refractivity contribution in [1.29, 1.82) is 0 Å². The Morgan fingerprint density at radius 3 is 2.50 bits per heavy atom. The van der Waals surface area contributed by atoms with Gasteiger partial charge in [-0.15, -0.1) is 11.8 Å². The summed E-state index contributed by atoms with van der Waals surface area (Å²) >= 11 is 1.62. The zero-order valence-electron chi connectivity index (χ0n) is 12.7. The van der Waals surface area contributed by atoms with Gasteiger partial charge in [0.15, 0.2) is 0 Å². The first-order valence-electron chi connectivity index (χ1n) is 6.96. The van der Waals surface area contributed by atoms with Gasteiger partial charge in [-0.1, -0.05) is 24.6 Å². The molecule has 1 saturated heterocycles. The summed E-state index contributed by atoms with van der Waals surface area (Å²) in [5, 5.41) is -0.0627. The number of benzene rings is 1. The van der Waals surface area contributed by atoms with Crippen LogP contribution in [0.5, 0.6) is 0 Å². The highest BCUT2D eigenvalue weighted by Gasteiger charge is 2.36. The molecule has 1 aromatic rings. The van der Waals surface area contributed by atoms with Crippen molar-refractivity contribution in [3.05, 3.63) is 29.8 Å². The molecular formula is C16H23NO2S. The maximum absolute atomic E-state index is 12.4. The molecule has 110 valence electrons. The first-order chi connectivity index (χ1) is 9.39. The molecule has 1 atom stereocenters. The minimum Gasteiger partial charge on any atom is -0.380 e. The van der Waals surface area contributed by atoms with Gasteiger partial charge in [0, 0.05) is 23.9 Å². The monoisotopic (exact) mass is 293 g/mol. The molecule has 1 heterocycles. The van der Waals surface area contributed by atoms with Crippen LogP contribution in [-0.2, 0) is 9.53 Å². The Balaban J connectivity index is 1.89. The van der Waals surface area contributed by atoms with Crippen LogP contribution < -0.4 is 0 Å². The number of aryl methyl sites for hydroxylation is 1. The fourth-order valence-electron chi connectivity index (χ4n) is 2.37. The smallest absolute Gasteiger partial charge is 0.235 e. The quantitative estimate of drug-likeness (QED) is 0.782. The summed E-state index contributed by atoms with van der Waals surface area (Å²) in [7, 11) is 1.89. The van der Waals surface area contributed by atoms with E-state index in [0.29, 0.717) is 0 Å². The molecule has 0 aromatic heterocycles. The average Bonchev–Trinajstić information content (AvgIpc) is 2.38. The number of ether oxygens (including phenoxy) is 1. The second kappa shape index (κ2) is 6.19. The largest absolute Gasteiger partial charge is 0.380 e. The lowest BCUT2D eigenvalue weighted by molar-refractivity contribution is -0.141. The lowest BCUT2D eigenvalue weighted by Crippen LogP contribution is -2.50. The second-order valence-corrected chi connectivity index (χ2v) is 7.49. The minimum atomic E-state index is -0.0627. The van der Waals surface area contributed by atoms with Crippen molar-refractivity contribution in [3.8, 4) is 0 Å². The molecule has 0 saturated carbocycles. The van der Waals surface area contributed by atoms with Crippen LogP contribution in [0.25, 0.3) is 0 Å². The third-order valence-electron chi connectivity index (χ3n) is 3.58. The fraction of sp³-hybridized carbons (Fsp3) is 0.562. The van der Waals surface area contributed by atoms with Gasteiger partial charge in [0.1, 0.15) is 0 Å². The van der Waals surface area contributed by atoms with Gasteiger partial charge in [-0.2, -0.15) is 0 Å². The van der Waals surface area contributed by atoms with Crippen LogP contribution in [0.2, 0.25) is 0 Å². The predicted octanol–water partition coefficient (Wildman–Crippen LogP) is 2.97. The molecule has 2 rings (SSSR count). The Morgan fingerprint density at radius 1 is 1.40 bits per heavy atom. The lowest BCUT2D eigenvalue weighted by atomic mass is 9.88. The van der Waals surface area contributed by atoms with Crippen molar-refractivity contribution >= 4 is 17.7 Å². The van der Waals surface area contributed by atoms with Crippen LogP contribution >= 0.6 is 11.8 Å². The van der Waals surface area contributed by atoms with Crippen molar-refractivity contribution in [2.45, 2.75) is 30.9 Å². The van der Waals surface area contributed by atoms with Crippen molar-refractivity contribution < 1.29 is 9.53 Å². The zero-order valence-corrected chi connectivity index (χ0v) is 13.5. The van der Waals surface area contributed by atoms with E-state index in [2.05, 4.69) is 38.1 Å². The van der Waals surface area contributed by atoms with Crippen LogP contribution in [0.3, 0.4) is 0 Å². The van der Waals surface area contributed by atoms with E-state index in [1.54, 1.807) is 11.8 Å². The number of hydrogen-bond acceptors (Lipinski definition) is 3. The first-order valence-corrected chi connectivity index (χ1v) is 7.84. The number of amides is 1. The van der Waals surface area contributed by atoms with Gasteiger partial charge in [0.25, 0.3) is 0 Å². The SMILES string of the molecule is Cc1ccc(SC(C)C(=O)N(C)CC2(C)COC2)cc1. The summed E-state index contributed by atoms with van der Waals surface area (Å²) in [6.45, 7) is 8.48. The van der Waals surface area contributed by atoms with E-state index in [0.717, 1.165) is 24.7 Å². The van der Waals surface area contributed by atoms with E-state index in [1.807, 2.05) is 18.9 Å². The number of carbonyl (C=O) groups excluding carboxylic acids is 1. The minimum absolute atomic E-state index is 0.0627. The van der Waals surface area contributed by atoms with Crippen LogP contribution in [0.15, 0.2) is 29.2 Å². The van der Waals surface area contributed by atoms with Gasteiger partial charge in [-0.25, -0.2) is 0 Å². The first kappa shape index (κ1) is 15.4. The molecule has 0 radical (unpaired) electrons. The summed E-state index contributed by atoms with van der Waals surface area (Å²) in [6, 6.07) is 8.31. The van der Waals surface area contributed by atoms with E-state index in [4.69, 9.17) is 4.74 Å². The molecule has 0 N–H and O–H groups in total. The maximum atomic E-state index is 12.4. The van der Waals surface area contributed by atoms with Gasteiger partial charge in [0.2, 0.25) is 5.91 Å². The fourth-order valence-corrected chi connectivity index (χ4v) is 3.36. The third kappa shape index (κ3) is 3.76. The van der Waals surface area contributed by atoms with Gasteiger partial charge < -0.3 is 9.64 Å². The number of carbonyl (C=O) groups is 1.